The van der Waals surface area contributed by atoms with Crippen LogP contribution >= 0.6 is 11.3 Å². The number of anilines is 2. The fourth-order valence-corrected chi connectivity index (χ4v) is 3.06. The SMILES string of the molecule is Cc1nc(C)c(C(C)Nc2cc(F)c(C(=O)O)cc2N)s1. The molecule has 21 heavy (non-hydrogen) atoms. The number of carboxylic acid groups (broad SMARTS) is 1. The molecular weight excluding hydrogens is 293 g/mol. The number of aryl methyl sites for hydroxylation is 2. The molecule has 1 aromatic carbocycles. The van der Waals surface area contributed by atoms with Crippen molar-refractivity contribution in [3.05, 3.63) is 39.1 Å². The van der Waals surface area contributed by atoms with Crippen LogP contribution in [0.1, 0.15) is 38.9 Å². The van der Waals surface area contributed by atoms with Crippen LogP contribution in [0.15, 0.2) is 12.1 Å². The number of nitrogens with zero attached hydrogens (tertiary/aromatic N) is 1. The largest absolute Gasteiger partial charge is 0.478 e. The third-order valence-electron chi connectivity index (χ3n) is 3.07. The predicted molar refractivity (Wildman–Crippen MR) is 81.4 cm³/mol. The van der Waals surface area contributed by atoms with Gasteiger partial charge in [-0.05, 0) is 32.9 Å². The topological polar surface area (TPSA) is 88.2 Å². The zero-order valence-corrected chi connectivity index (χ0v) is 12.7. The Balaban J connectivity index is 2.29. The Morgan fingerprint density at radius 1 is 1.48 bits per heavy atom. The van der Waals surface area contributed by atoms with Gasteiger partial charge >= 0.3 is 5.97 Å². The van der Waals surface area contributed by atoms with Crippen LogP contribution in [-0.2, 0) is 0 Å². The lowest BCUT2D eigenvalue weighted by Crippen LogP contribution is -2.10. The van der Waals surface area contributed by atoms with E-state index in [-0.39, 0.29) is 11.7 Å². The van der Waals surface area contributed by atoms with E-state index < -0.39 is 17.3 Å². The normalized spacial score (nSPS) is 12.2. The second kappa shape index (κ2) is 5.69. The van der Waals surface area contributed by atoms with Crippen molar-refractivity contribution < 1.29 is 14.3 Å². The molecule has 1 aromatic heterocycles. The summed E-state index contributed by atoms with van der Waals surface area (Å²) < 4.78 is 13.7. The van der Waals surface area contributed by atoms with E-state index in [1.165, 1.54) is 0 Å². The van der Waals surface area contributed by atoms with Gasteiger partial charge in [0.2, 0.25) is 0 Å². The molecule has 0 aliphatic carbocycles. The molecule has 0 amide bonds. The third-order valence-corrected chi connectivity index (χ3v) is 4.33. The number of aromatic nitrogens is 1. The molecule has 0 fully saturated rings. The molecule has 0 bridgehead atoms. The molecule has 1 unspecified atom stereocenters. The van der Waals surface area contributed by atoms with Crippen LogP contribution < -0.4 is 11.1 Å². The molecule has 2 aromatic rings. The first-order valence-corrected chi connectivity index (χ1v) is 7.14. The van der Waals surface area contributed by atoms with Crippen molar-refractivity contribution >= 4 is 28.7 Å². The van der Waals surface area contributed by atoms with Crippen molar-refractivity contribution in [2.45, 2.75) is 26.8 Å². The molecule has 7 heteroatoms. The molecule has 112 valence electrons. The fourth-order valence-electron chi connectivity index (χ4n) is 2.13. The van der Waals surface area contributed by atoms with Crippen molar-refractivity contribution in [2.24, 2.45) is 0 Å². The second-order valence-electron chi connectivity index (χ2n) is 4.77. The highest BCUT2D eigenvalue weighted by molar-refractivity contribution is 7.11. The molecule has 0 radical (unpaired) electrons. The number of thiazole rings is 1. The van der Waals surface area contributed by atoms with E-state index in [1.807, 2.05) is 20.8 Å². The van der Waals surface area contributed by atoms with Gasteiger partial charge in [0.1, 0.15) is 5.82 Å². The standard InChI is InChI=1S/C14H16FN3O2S/c1-6-13(21-8(3)17-6)7(2)18-12-5-10(15)9(14(19)20)4-11(12)16/h4-5,7,18H,16H2,1-3H3,(H,19,20). The summed E-state index contributed by atoms with van der Waals surface area (Å²) in [6.45, 7) is 5.75. The van der Waals surface area contributed by atoms with Gasteiger partial charge in [-0.3, -0.25) is 0 Å². The highest BCUT2D eigenvalue weighted by Crippen LogP contribution is 2.31. The lowest BCUT2D eigenvalue weighted by Gasteiger charge is -2.16. The molecule has 0 spiro atoms. The number of benzene rings is 1. The van der Waals surface area contributed by atoms with Gasteiger partial charge in [-0.1, -0.05) is 0 Å². The average Bonchev–Trinajstić information content (AvgIpc) is 2.72. The Bertz CT molecular complexity index is 700. The Morgan fingerprint density at radius 3 is 2.67 bits per heavy atom. The third kappa shape index (κ3) is 3.13. The van der Waals surface area contributed by atoms with Crippen LogP contribution in [-0.4, -0.2) is 16.1 Å². The van der Waals surface area contributed by atoms with E-state index in [0.717, 1.165) is 27.7 Å². The molecule has 0 aliphatic rings. The quantitative estimate of drug-likeness (QED) is 0.754. The summed E-state index contributed by atoms with van der Waals surface area (Å²) in [5.74, 6) is -2.16. The van der Waals surface area contributed by atoms with Crippen LogP contribution in [0.4, 0.5) is 15.8 Å². The van der Waals surface area contributed by atoms with Crippen LogP contribution in [0.25, 0.3) is 0 Å². The first-order valence-electron chi connectivity index (χ1n) is 6.32. The first-order chi connectivity index (χ1) is 9.79. The molecule has 1 atom stereocenters. The Labute approximate surface area is 125 Å². The predicted octanol–water partition coefficient (Wildman–Crippen LogP) is 3.35. The molecule has 2 rings (SSSR count). The number of halogens is 1. The van der Waals surface area contributed by atoms with Crippen LogP contribution in [0, 0.1) is 19.7 Å². The van der Waals surface area contributed by atoms with Gasteiger partial charge in [0, 0.05) is 4.88 Å². The minimum Gasteiger partial charge on any atom is -0.478 e. The summed E-state index contributed by atoms with van der Waals surface area (Å²) in [5.41, 5.74) is 6.84. The van der Waals surface area contributed by atoms with E-state index in [2.05, 4.69) is 10.3 Å². The summed E-state index contributed by atoms with van der Waals surface area (Å²) >= 11 is 1.56. The van der Waals surface area contributed by atoms with Gasteiger partial charge < -0.3 is 16.2 Å². The lowest BCUT2D eigenvalue weighted by molar-refractivity contribution is 0.0692. The van der Waals surface area contributed by atoms with Crippen molar-refractivity contribution in [1.82, 2.24) is 4.98 Å². The summed E-state index contributed by atoms with van der Waals surface area (Å²) in [5, 5.41) is 12.9. The van der Waals surface area contributed by atoms with E-state index >= 15 is 0 Å². The van der Waals surface area contributed by atoms with Gasteiger partial charge in [0.05, 0.1) is 33.7 Å². The Morgan fingerprint density at radius 2 is 2.14 bits per heavy atom. The van der Waals surface area contributed by atoms with Gasteiger partial charge in [0.25, 0.3) is 0 Å². The summed E-state index contributed by atoms with van der Waals surface area (Å²) in [4.78, 5) is 16.2. The number of carboxylic acids is 1. The van der Waals surface area contributed by atoms with Gasteiger partial charge in [-0.2, -0.15) is 0 Å². The monoisotopic (exact) mass is 309 g/mol. The maximum absolute atomic E-state index is 13.7. The number of hydrogen-bond acceptors (Lipinski definition) is 5. The molecule has 1 heterocycles. The molecule has 5 nitrogen and oxygen atoms in total. The highest BCUT2D eigenvalue weighted by atomic mass is 32.1. The molecule has 0 aliphatic heterocycles. The zero-order valence-electron chi connectivity index (χ0n) is 11.9. The van der Waals surface area contributed by atoms with Gasteiger partial charge in [-0.15, -0.1) is 11.3 Å². The molecular formula is C14H16FN3O2S. The molecule has 4 N–H and O–H groups in total. The number of nitrogens with one attached hydrogen (secondary N) is 1. The van der Waals surface area contributed by atoms with Crippen LogP contribution in [0.5, 0.6) is 0 Å². The number of nitrogen functional groups attached to an aromatic ring is 1. The van der Waals surface area contributed by atoms with Gasteiger partial charge in [-0.25, -0.2) is 14.2 Å². The highest BCUT2D eigenvalue weighted by Gasteiger charge is 2.17. The fraction of sp³-hybridized carbons (Fsp3) is 0.286. The Hall–Kier alpha value is -2.15. The maximum atomic E-state index is 13.7. The van der Waals surface area contributed by atoms with E-state index in [1.54, 1.807) is 11.3 Å². The lowest BCUT2D eigenvalue weighted by atomic mass is 10.1. The first kappa shape index (κ1) is 15.2. The number of carbonyl (C=O) groups is 1. The van der Waals surface area contributed by atoms with E-state index in [4.69, 9.17) is 10.8 Å². The average molecular weight is 309 g/mol. The summed E-state index contributed by atoms with van der Waals surface area (Å²) in [7, 11) is 0. The number of aromatic carboxylic acids is 1. The minimum atomic E-state index is -1.34. The van der Waals surface area contributed by atoms with Gasteiger partial charge in [0.15, 0.2) is 0 Å². The van der Waals surface area contributed by atoms with Crippen molar-refractivity contribution in [3.8, 4) is 0 Å². The van der Waals surface area contributed by atoms with Crippen molar-refractivity contribution in [2.75, 3.05) is 11.1 Å². The summed E-state index contributed by atoms with van der Waals surface area (Å²) in [6.07, 6.45) is 0. The maximum Gasteiger partial charge on any atom is 0.338 e. The molecule has 0 saturated heterocycles. The summed E-state index contributed by atoms with van der Waals surface area (Å²) in [6, 6.07) is 2.13. The number of hydrogen-bond donors (Lipinski definition) is 3. The molecule has 0 saturated carbocycles. The van der Waals surface area contributed by atoms with E-state index in [9.17, 15) is 9.18 Å². The number of rotatable bonds is 4. The second-order valence-corrected chi connectivity index (χ2v) is 6.01. The Kier molecular flexibility index (Phi) is 4.13. The smallest absolute Gasteiger partial charge is 0.338 e. The zero-order chi connectivity index (χ0) is 15.7. The van der Waals surface area contributed by atoms with Crippen LogP contribution in [0.3, 0.4) is 0 Å². The van der Waals surface area contributed by atoms with Crippen molar-refractivity contribution in [1.29, 1.82) is 0 Å². The number of nitrogens with two attached hydrogens (primary N) is 1. The minimum absolute atomic E-state index is 0.103. The van der Waals surface area contributed by atoms with E-state index in [0.29, 0.717) is 5.69 Å². The van der Waals surface area contributed by atoms with Crippen molar-refractivity contribution in [3.63, 3.8) is 0 Å². The van der Waals surface area contributed by atoms with Crippen LogP contribution in [0.2, 0.25) is 0 Å².